The number of hydrogen-bond donors (Lipinski definition) is 1. The Kier molecular flexibility index (Phi) is 2.73. The van der Waals surface area contributed by atoms with Gasteiger partial charge in [0.25, 0.3) is 0 Å². The van der Waals surface area contributed by atoms with Gasteiger partial charge in [-0.05, 0) is 48.2 Å². The number of nitrogens with one attached hydrogen (secondary N) is 1. The molecule has 0 amide bonds. The molecule has 2 aromatic carbocycles. The summed E-state index contributed by atoms with van der Waals surface area (Å²) in [5.74, 6) is 1.50. The summed E-state index contributed by atoms with van der Waals surface area (Å²) in [6.07, 6.45) is 1.78. The van der Waals surface area contributed by atoms with Crippen molar-refractivity contribution in [2.75, 3.05) is 14.2 Å². The van der Waals surface area contributed by atoms with Crippen LogP contribution in [0.25, 0.3) is 32.6 Å². The number of aromatic amines is 1. The predicted molar refractivity (Wildman–Crippen MR) is 88.9 cm³/mol. The molecule has 2 heterocycles. The number of H-pyrrole nitrogens is 1. The smallest absolute Gasteiger partial charge is 0.221 e. The maximum absolute atomic E-state index is 5.42. The maximum Gasteiger partial charge on any atom is 0.221 e. The highest BCUT2D eigenvalue weighted by Gasteiger charge is 2.13. The van der Waals surface area contributed by atoms with Crippen LogP contribution in [-0.2, 0) is 0 Å². The molecular weight excluding hydrogens is 276 g/mol. The molecule has 0 saturated heterocycles. The normalized spacial score (nSPS) is 11.4. The van der Waals surface area contributed by atoms with Crippen molar-refractivity contribution in [1.29, 1.82) is 0 Å². The summed E-state index contributed by atoms with van der Waals surface area (Å²) in [5.41, 5.74) is 3.44. The van der Waals surface area contributed by atoms with Gasteiger partial charge in [0.15, 0.2) is 0 Å². The number of fused-ring (bicyclic) bond motifs is 4. The molecule has 4 nitrogen and oxygen atoms in total. The van der Waals surface area contributed by atoms with E-state index in [1.165, 1.54) is 5.56 Å². The molecule has 1 N–H and O–H groups in total. The van der Waals surface area contributed by atoms with Gasteiger partial charge >= 0.3 is 0 Å². The topological polar surface area (TPSA) is 47.1 Å². The average Bonchev–Trinajstić information content (AvgIpc) is 2.93. The van der Waals surface area contributed by atoms with Crippen molar-refractivity contribution in [3.63, 3.8) is 0 Å². The van der Waals surface area contributed by atoms with Crippen LogP contribution in [0.5, 0.6) is 11.6 Å². The van der Waals surface area contributed by atoms with E-state index in [4.69, 9.17) is 9.47 Å². The number of methoxy groups -OCH3 is 2. The lowest BCUT2D eigenvalue weighted by Gasteiger charge is -2.07. The van der Waals surface area contributed by atoms with Crippen molar-refractivity contribution < 1.29 is 9.47 Å². The van der Waals surface area contributed by atoms with Crippen molar-refractivity contribution in [2.24, 2.45) is 0 Å². The van der Waals surface area contributed by atoms with Gasteiger partial charge < -0.3 is 14.5 Å². The van der Waals surface area contributed by atoms with Gasteiger partial charge in [0.2, 0.25) is 5.88 Å². The second kappa shape index (κ2) is 4.63. The first-order valence-corrected chi connectivity index (χ1v) is 7.14. The third-order valence-electron chi connectivity index (χ3n) is 4.26. The fraction of sp³-hybridized carbons (Fsp3) is 0.167. The third kappa shape index (κ3) is 1.67. The molecule has 0 radical (unpaired) electrons. The Morgan fingerprint density at radius 2 is 1.77 bits per heavy atom. The van der Waals surface area contributed by atoms with E-state index in [0.717, 1.165) is 38.3 Å². The minimum absolute atomic E-state index is 0.653. The molecule has 0 spiro atoms. The van der Waals surface area contributed by atoms with Gasteiger partial charge in [-0.3, -0.25) is 0 Å². The number of benzene rings is 2. The third-order valence-corrected chi connectivity index (χ3v) is 4.26. The number of aromatic nitrogens is 2. The molecule has 0 saturated carbocycles. The molecule has 0 unspecified atom stereocenters. The van der Waals surface area contributed by atoms with E-state index in [-0.39, 0.29) is 0 Å². The average molecular weight is 292 g/mol. The highest BCUT2D eigenvalue weighted by atomic mass is 16.5. The van der Waals surface area contributed by atoms with E-state index in [0.29, 0.717) is 5.88 Å². The van der Waals surface area contributed by atoms with Gasteiger partial charge in [-0.25, -0.2) is 4.98 Å². The van der Waals surface area contributed by atoms with E-state index in [9.17, 15) is 0 Å². The van der Waals surface area contributed by atoms with Crippen molar-refractivity contribution in [3.8, 4) is 11.6 Å². The van der Waals surface area contributed by atoms with Crippen LogP contribution in [0.1, 0.15) is 5.56 Å². The molecule has 0 aliphatic carbocycles. The molecule has 0 aliphatic heterocycles. The van der Waals surface area contributed by atoms with Crippen LogP contribution < -0.4 is 9.47 Å². The Hall–Kier alpha value is -2.75. The fourth-order valence-electron chi connectivity index (χ4n) is 3.13. The minimum Gasteiger partial charge on any atom is -0.497 e. The second-order valence-electron chi connectivity index (χ2n) is 5.38. The lowest BCUT2D eigenvalue weighted by atomic mass is 10.0. The summed E-state index contributed by atoms with van der Waals surface area (Å²) >= 11 is 0. The van der Waals surface area contributed by atoms with Crippen LogP contribution in [0.3, 0.4) is 0 Å². The Balaban J connectivity index is 2.21. The van der Waals surface area contributed by atoms with Crippen molar-refractivity contribution >= 4 is 32.6 Å². The second-order valence-corrected chi connectivity index (χ2v) is 5.38. The molecular formula is C18H16N2O2. The highest BCUT2D eigenvalue weighted by molar-refractivity contribution is 6.14. The molecule has 4 heteroatoms. The molecule has 22 heavy (non-hydrogen) atoms. The molecule has 0 fully saturated rings. The van der Waals surface area contributed by atoms with E-state index in [1.807, 2.05) is 18.2 Å². The first-order valence-electron chi connectivity index (χ1n) is 7.14. The van der Waals surface area contributed by atoms with Crippen molar-refractivity contribution in [1.82, 2.24) is 9.97 Å². The summed E-state index contributed by atoms with van der Waals surface area (Å²) in [5, 5.41) is 4.48. The molecule has 4 aromatic rings. The first-order chi connectivity index (χ1) is 10.7. The van der Waals surface area contributed by atoms with E-state index in [2.05, 4.69) is 29.0 Å². The SMILES string of the molecule is COc1ccc2[nH]c3c(C)c4ccnc(OC)c4cc3c2c1. The van der Waals surface area contributed by atoms with Gasteiger partial charge in [-0.1, -0.05) is 0 Å². The zero-order valence-electron chi connectivity index (χ0n) is 12.7. The Labute approximate surface area is 127 Å². The molecule has 0 aliphatic rings. The molecule has 110 valence electrons. The molecule has 0 bridgehead atoms. The van der Waals surface area contributed by atoms with E-state index < -0.39 is 0 Å². The van der Waals surface area contributed by atoms with Crippen LogP contribution in [0.15, 0.2) is 36.5 Å². The largest absolute Gasteiger partial charge is 0.497 e. The summed E-state index contributed by atoms with van der Waals surface area (Å²) < 4.78 is 10.8. The zero-order chi connectivity index (χ0) is 15.3. The lowest BCUT2D eigenvalue weighted by molar-refractivity contribution is 0.403. The van der Waals surface area contributed by atoms with Crippen molar-refractivity contribution in [2.45, 2.75) is 6.92 Å². The van der Waals surface area contributed by atoms with Gasteiger partial charge in [-0.15, -0.1) is 0 Å². The monoisotopic (exact) mass is 292 g/mol. The summed E-state index contributed by atoms with van der Waals surface area (Å²) in [7, 11) is 3.34. The van der Waals surface area contributed by atoms with Crippen LogP contribution in [-0.4, -0.2) is 24.2 Å². The number of aryl methyl sites for hydroxylation is 1. The van der Waals surface area contributed by atoms with Gasteiger partial charge in [0.1, 0.15) is 5.75 Å². The molecule has 0 atom stereocenters. The molecule has 2 aromatic heterocycles. The number of rotatable bonds is 2. The van der Waals surface area contributed by atoms with Crippen LogP contribution in [0, 0.1) is 6.92 Å². The molecule has 4 rings (SSSR count). The van der Waals surface area contributed by atoms with E-state index >= 15 is 0 Å². The Morgan fingerprint density at radius 1 is 0.909 bits per heavy atom. The van der Waals surface area contributed by atoms with Crippen LogP contribution in [0.4, 0.5) is 0 Å². The van der Waals surface area contributed by atoms with Crippen LogP contribution >= 0.6 is 0 Å². The quantitative estimate of drug-likeness (QED) is 0.602. The van der Waals surface area contributed by atoms with Crippen molar-refractivity contribution in [3.05, 3.63) is 42.1 Å². The highest BCUT2D eigenvalue weighted by Crippen LogP contribution is 2.36. The summed E-state index contributed by atoms with van der Waals surface area (Å²) in [6, 6.07) is 10.2. The number of pyridine rings is 1. The van der Waals surface area contributed by atoms with Gasteiger partial charge in [0.05, 0.1) is 19.7 Å². The predicted octanol–water partition coefficient (Wildman–Crippen LogP) is 4.19. The fourth-order valence-corrected chi connectivity index (χ4v) is 3.13. The lowest BCUT2D eigenvalue weighted by Crippen LogP contribution is -1.90. The van der Waals surface area contributed by atoms with E-state index in [1.54, 1.807) is 20.4 Å². The van der Waals surface area contributed by atoms with Gasteiger partial charge in [-0.2, -0.15) is 0 Å². The first kappa shape index (κ1) is 13.0. The Bertz CT molecular complexity index is 1020. The number of nitrogens with zero attached hydrogens (tertiary/aromatic N) is 1. The Morgan fingerprint density at radius 3 is 2.55 bits per heavy atom. The van der Waals surface area contributed by atoms with Gasteiger partial charge in [0, 0.05) is 27.9 Å². The number of ether oxygens (including phenoxy) is 2. The summed E-state index contributed by atoms with van der Waals surface area (Å²) in [4.78, 5) is 7.82. The number of hydrogen-bond acceptors (Lipinski definition) is 3. The zero-order valence-corrected chi connectivity index (χ0v) is 12.7. The van der Waals surface area contributed by atoms with Crippen LogP contribution in [0.2, 0.25) is 0 Å². The standard InChI is InChI=1S/C18H16N2O2/c1-10-12-6-7-19-18(22-3)15(12)9-14-13-8-11(21-2)4-5-16(13)20-17(10)14/h4-9,20H,1-3H3. The summed E-state index contributed by atoms with van der Waals surface area (Å²) in [6.45, 7) is 2.12. The maximum atomic E-state index is 5.42. The minimum atomic E-state index is 0.653.